The highest BCUT2D eigenvalue weighted by molar-refractivity contribution is 5.74. The van der Waals surface area contributed by atoms with Crippen molar-refractivity contribution in [2.45, 2.75) is 6.04 Å². The van der Waals surface area contributed by atoms with Gasteiger partial charge in [-0.1, -0.05) is 0 Å². The molecule has 9 heavy (non-hydrogen) atoms. The van der Waals surface area contributed by atoms with Crippen LogP contribution in [0.25, 0.3) is 0 Å². The molecule has 0 aliphatic heterocycles. The Kier molecular flexibility index (Phi) is 3.38. The van der Waals surface area contributed by atoms with Crippen molar-refractivity contribution in [3.05, 3.63) is 0 Å². The molecule has 0 aromatic heterocycles. The first-order valence-corrected chi connectivity index (χ1v) is 2.38. The normalized spacial score (nSPS) is 12.1. The predicted molar refractivity (Wildman–Crippen MR) is 33.6 cm³/mol. The van der Waals surface area contributed by atoms with Crippen LogP contribution in [0.4, 0.5) is 0 Å². The zero-order valence-electron chi connectivity index (χ0n) is 4.85. The van der Waals surface area contributed by atoms with Gasteiger partial charge in [-0.3, -0.25) is 10.2 Å². The van der Waals surface area contributed by atoms with Crippen LogP contribution in [0.5, 0.6) is 0 Å². The lowest BCUT2D eigenvalue weighted by Gasteiger charge is -2.03. The third kappa shape index (κ3) is 4.76. The Morgan fingerprint density at radius 1 is 1.89 bits per heavy atom. The van der Waals surface area contributed by atoms with Gasteiger partial charge in [0.15, 0.2) is 5.96 Å². The van der Waals surface area contributed by atoms with E-state index < -0.39 is 6.04 Å². The molecule has 0 heterocycles. The largest absolute Gasteiger partial charge is 0.370 e. The first-order chi connectivity index (χ1) is 4.16. The molecule has 5 nitrogen and oxygen atoms in total. The van der Waals surface area contributed by atoms with Crippen molar-refractivity contribution in [2.75, 3.05) is 6.54 Å². The molecule has 0 unspecified atom stereocenters. The van der Waals surface area contributed by atoms with Gasteiger partial charge in [0, 0.05) is 6.54 Å². The van der Waals surface area contributed by atoms with Crippen LogP contribution in [0.1, 0.15) is 0 Å². The number of guanidine groups is 1. The summed E-state index contributed by atoms with van der Waals surface area (Å²) in [6.45, 7) is 0.166. The fourth-order valence-electron chi connectivity index (χ4n) is 0.262. The summed E-state index contributed by atoms with van der Waals surface area (Å²) in [5.41, 5.74) is 9.97. The molecule has 5 heteroatoms. The first-order valence-electron chi connectivity index (χ1n) is 2.38. The van der Waals surface area contributed by atoms with Gasteiger partial charge in [0.25, 0.3) is 0 Å². The highest BCUT2D eigenvalue weighted by Crippen LogP contribution is 1.64. The Hall–Kier alpha value is -1.10. The van der Waals surface area contributed by atoms with Crippen molar-refractivity contribution in [3.8, 4) is 0 Å². The van der Waals surface area contributed by atoms with Crippen molar-refractivity contribution in [2.24, 2.45) is 11.5 Å². The number of hydrogen-bond donors (Lipinski definition) is 4. The molecule has 1 atom stereocenters. The number of hydrogen-bond acceptors (Lipinski definition) is 3. The summed E-state index contributed by atoms with van der Waals surface area (Å²) < 4.78 is 0. The van der Waals surface area contributed by atoms with Gasteiger partial charge in [-0.2, -0.15) is 0 Å². The van der Waals surface area contributed by atoms with Crippen molar-refractivity contribution >= 4 is 12.2 Å². The zero-order chi connectivity index (χ0) is 7.28. The molecule has 6 N–H and O–H groups in total. The quantitative estimate of drug-likeness (QED) is 0.259. The van der Waals surface area contributed by atoms with E-state index in [2.05, 4.69) is 5.32 Å². The molecule has 0 spiro atoms. The third-order valence-electron chi connectivity index (χ3n) is 0.664. The maximum absolute atomic E-state index is 9.72. The van der Waals surface area contributed by atoms with Crippen LogP contribution < -0.4 is 16.8 Å². The summed E-state index contributed by atoms with van der Waals surface area (Å²) in [7, 11) is 0. The van der Waals surface area contributed by atoms with Crippen LogP contribution in [0.3, 0.4) is 0 Å². The van der Waals surface area contributed by atoms with E-state index in [1.165, 1.54) is 6.29 Å². The molecule has 0 saturated heterocycles. The summed E-state index contributed by atoms with van der Waals surface area (Å²) >= 11 is 0. The highest BCUT2D eigenvalue weighted by atomic mass is 16.1. The van der Waals surface area contributed by atoms with Crippen molar-refractivity contribution in [1.29, 1.82) is 5.41 Å². The minimum atomic E-state index is -0.700. The summed E-state index contributed by atoms with van der Waals surface area (Å²) in [6, 6.07) is -0.700. The van der Waals surface area contributed by atoms with E-state index in [0.717, 1.165) is 0 Å². The molecule has 0 aromatic rings. The second kappa shape index (κ2) is 3.85. The zero-order valence-corrected chi connectivity index (χ0v) is 4.85. The van der Waals surface area contributed by atoms with E-state index in [9.17, 15) is 4.79 Å². The Bertz CT molecular complexity index is 113. The summed E-state index contributed by atoms with van der Waals surface area (Å²) in [6.07, 6.45) is 1.53. The van der Waals surface area contributed by atoms with Crippen LogP contribution in [-0.4, -0.2) is 24.8 Å². The topological polar surface area (TPSA) is 105 Å². The molecule has 0 aliphatic carbocycles. The van der Waals surface area contributed by atoms with E-state index in [1.807, 2.05) is 0 Å². The molecule has 0 amide bonds. The van der Waals surface area contributed by atoms with Gasteiger partial charge in [0.2, 0.25) is 6.29 Å². The maximum Gasteiger partial charge on any atom is 0.218 e. The van der Waals surface area contributed by atoms with Crippen LogP contribution in [0.2, 0.25) is 0 Å². The van der Waals surface area contributed by atoms with Crippen LogP contribution >= 0.6 is 0 Å². The molecular formula is C4H9N4O. The van der Waals surface area contributed by atoms with Crippen molar-refractivity contribution in [1.82, 2.24) is 5.32 Å². The molecule has 0 aliphatic rings. The van der Waals surface area contributed by atoms with Gasteiger partial charge in [0.1, 0.15) is 0 Å². The lowest BCUT2D eigenvalue weighted by Crippen LogP contribution is -2.40. The summed E-state index contributed by atoms with van der Waals surface area (Å²) in [5.74, 6) is -0.194. The first kappa shape index (κ1) is 7.90. The standard InChI is InChI=1S/C4H9N4O/c5-3(2-9)1-8-4(6)7/h3H,1,5H2,(H4,6,7,8)/t3-/m0/s1. The SMILES string of the molecule is N=C(N)NC[C@H](N)[C]=O. The van der Waals surface area contributed by atoms with Crippen LogP contribution in [-0.2, 0) is 4.79 Å². The minimum absolute atomic E-state index is 0.166. The van der Waals surface area contributed by atoms with Gasteiger partial charge in [-0.15, -0.1) is 0 Å². The molecule has 0 rings (SSSR count). The number of carbonyl (C=O) groups excluding carboxylic acids is 1. The van der Waals surface area contributed by atoms with E-state index in [1.54, 1.807) is 0 Å². The Labute approximate surface area is 52.9 Å². The number of nitrogens with one attached hydrogen (secondary N) is 2. The lowest BCUT2D eigenvalue weighted by molar-refractivity contribution is 0.539. The smallest absolute Gasteiger partial charge is 0.218 e. The molecule has 0 aromatic carbocycles. The van der Waals surface area contributed by atoms with E-state index in [0.29, 0.717) is 0 Å². The second-order valence-corrected chi connectivity index (χ2v) is 1.52. The molecule has 51 valence electrons. The minimum Gasteiger partial charge on any atom is -0.370 e. The fraction of sp³-hybridized carbons (Fsp3) is 0.500. The van der Waals surface area contributed by atoms with Crippen LogP contribution in [0, 0.1) is 5.41 Å². The molecule has 0 saturated carbocycles. The summed E-state index contributed by atoms with van der Waals surface area (Å²) in [4.78, 5) is 9.72. The van der Waals surface area contributed by atoms with Gasteiger partial charge >= 0.3 is 0 Å². The molecule has 0 bridgehead atoms. The predicted octanol–water partition coefficient (Wildman–Crippen LogP) is -2.09. The average molecular weight is 129 g/mol. The van der Waals surface area contributed by atoms with E-state index >= 15 is 0 Å². The van der Waals surface area contributed by atoms with Crippen molar-refractivity contribution < 1.29 is 4.79 Å². The van der Waals surface area contributed by atoms with Gasteiger partial charge < -0.3 is 16.8 Å². The fourth-order valence-corrected chi connectivity index (χ4v) is 0.262. The molecular weight excluding hydrogens is 120 g/mol. The second-order valence-electron chi connectivity index (χ2n) is 1.52. The van der Waals surface area contributed by atoms with Gasteiger partial charge in [-0.25, -0.2) is 0 Å². The van der Waals surface area contributed by atoms with Crippen LogP contribution in [0.15, 0.2) is 0 Å². The highest BCUT2D eigenvalue weighted by Gasteiger charge is 1.98. The summed E-state index contributed by atoms with van der Waals surface area (Å²) in [5, 5.41) is 9.01. The Balaban J connectivity index is 3.26. The lowest BCUT2D eigenvalue weighted by atomic mass is 10.3. The Morgan fingerprint density at radius 3 is 2.78 bits per heavy atom. The average Bonchev–Trinajstić information content (AvgIpc) is 1.83. The van der Waals surface area contributed by atoms with Gasteiger partial charge in [-0.05, 0) is 0 Å². The van der Waals surface area contributed by atoms with Crippen molar-refractivity contribution in [3.63, 3.8) is 0 Å². The molecule has 1 radical (unpaired) electrons. The van der Waals surface area contributed by atoms with E-state index in [-0.39, 0.29) is 12.5 Å². The maximum atomic E-state index is 9.72. The third-order valence-corrected chi connectivity index (χ3v) is 0.664. The number of rotatable bonds is 3. The monoisotopic (exact) mass is 129 g/mol. The van der Waals surface area contributed by atoms with E-state index in [4.69, 9.17) is 16.9 Å². The number of nitrogens with two attached hydrogens (primary N) is 2. The van der Waals surface area contributed by atoms with Gasteiger partial charge in [0.05, 0.1) is 6.04 Å². The molecule has 0 fully saturated rings. The Morgan fingerprint density at radius 2 is 2.44 bits per heavy atom.